The van der Waals surface area contributed by atoms with E-state index in [0.29, 0.717) is 16.2 Å². The Kier molecular flexibility index (Phi) is 1.26. The summed E-state index contributed by atoms with van der Waals surface area (Å²) in [5.74, 6) is -0.350. The van der Waals surface area contributed by atoms with E-state index < -0.39 is 13.0 Å². The van der Waals surface area contributed by atoms with E-state index in [1.165, 1.54) is 6.08 Å². The molecule has 0 radical (unpaired) electrons. The van der Waals surface area contributed by atoms with Gasteiger partial charge in [-0.3, -0.25) is 4.79 Å². The third-order valence-corrected chi connectivity index (χ3v) is 5.89. The number of nitrogens with two attached hydrogens (primary N) is 1. The molecule has 0 fully saturated rings. The largest absolute Gasteiger partial charge is 0.506 e. The lowest BCUT2D eigenvalue weighted by atomic mass is 10.0. The first-order valence-corrected chi connectivity index (χ1v) is 6.18. The van der Waals surface area contributed by atoms with E-state index in [4.69, 9.17) is 5.73 Å². The molecule has 4 nitrogen and oxygen atoms in total. The van der Waals surface area contributed by atoms with E-state index in [9.17, 15) is 14.5 Å². The molecule has 0 spiro atoms. The summed E-state index contributed by atoms with van der Waals surface area (Å²) < 4.78 is 12.0. The van der Waals surface area contributed by atoms with E-state index in [0.717, 1.165) is 10.9 Å². The minimum Gasteiger partial charge on any atom is -0.506 e. The van der Waals surface area contributed by atoms with Gasteiger partial charge in [0.1, 0.15) is 5.76 Å². The van der Waals surface area contributed by atoms with Crippen molar-refractivity contribution in [3.05, 3.63) is 45.0 Å². The van der Waals surface area contributed by atoms with Gasteiger partial charge in [-0.05, 0) is 24.1 Å². The molecule has 5 heteroatoms. The fraction of sp³-hybridized carbons (Fsp3) is 0.100. The molecule has 3 aliphatic rings. The van der Waals surface area contributed by atoms with Gasteiger partial charge in [-0.15, -0.1) is 0 Å². The van der Waals surface area contributed by atoms with Crippen LogP contribution in [0, 0.1) is 0 Å². The normalized spacial score (nSPS) is 31.3. The van der Waals surface area contributed by atoms with E-state index >= 15 is 0 Å². The van der Waals surface area contributed by atoms with Gasteiger partial charge in [0.2, 0.25) is 5.91 Å². The smallest absolute Gasteiger partial charge is 0.241 e. The Morgan fingerprint density at radius 1 is 1.53 bits per heavy atom. The van der Waals surface area contributed by atoms with Gasteiger partial charge in [0, 0.05) is 11.4 Å². The lowest BCUT2D eigenvalue weighted by Crippen LogP contribution is -2.07. The molecule has 3 heterocycles. The zero-order valence-corrected chi connectivity index (χ0v) is 8.84. The number of carbonyl (C=O) groups is 1. The van der Waals surface area contributed by atoms with Crippen LogP contribution in [0.25, 0.3) is 0 Å². The zero-order chi connectivity index (χ0) is 11.0. The molecule has 0 bridgehead atoms. The van der Waals surface area contributed by atoms with Crippen molar-refractivity contribution in [3.8, 4) is 0 Å². The SMILES string of the molecule is C/C(=C\C(N)=O)C1=CC2=C(O)C3=C1P23=O. The van der Waals surface area contributed by atoms with E-state index in [-0.39, 0.29) is 5.76 Å². The Morgan fingerprint density at radius 3 is 2.60 bits per heavy atom. The third kappa shape index (κ3) is 0.756. The van der Waals surface area contributed by atoms with Crippen LogP contribution in [0.1, 0.15) is 6.92 Å². The molecule has 1 atom stereocenters. The maximum absolute atomic E-state index is 12.0. The highest BCUT2D eigenvalue weighted by Gasteiger charge is 2.67. The number of hydrogen-bond donors (Lipinski definition) is 2. The maximum Gasteiger partial charge on any atom is 0.241 e. The van der Waals surface area contributed by atoms with Crippen molar-refractivity contribution in [2.24, 2.45) is 5.73 Å². The third-order valence-electron chi connectivity index (χ3n) is 2.93. The van der Waals surface area contributed by atoms with Crippen LogP contribution in [-0.2, 0) is 9.36 Å². The molecular weight excluding hydrogens is 213 g/mol. The summed E-state index contributed by atoms with van der Waals surface area (Å²) in [6.07, 6.45) is 3.00. The molecule has 0 aromatic carbocycles. The van der Waals surface area contributed by atoms with Crippen LogP contribution in [0.15, 0.2) is 45.0 Å². The summed E-state index contributed by atoms with van der Waals surface area (Å²) in [4.78, 5) is 10.7. The van der Waals surface area contributed by atoms with E-state index in [1.807, 2.05) is 0 Å². The Balaban J connectivity index is 2.06. The Bertz CT molecular complexity index is 604. The lowest BCUT2D eigenvalue weighted by Gasteiger charge is -2.12. The van der Waals surface area contributed by atoms with E-state index in [2.05, 4.69) is 0 Å². The van der Waals surface area contributed by atoms with Gasteiger partial charge in [0.15, 0.2) is 7.14 Å². The summed E-state index contributed by atoms with van der Waals surface area (Å²) >= 11 is 0. The van der Waals surface area contributed by atoms with Crippen molar-refractivity contribution in [1.82, 2.24) is 0 Å². The van der Waals surface area contributed by atoms with Crippen LogP contribution in [0.2, 0.25) is 0 Å². The van der Waals surface area contributed by atoms with E-state index in [1.54, 1.807) is 13.0 Å². The molecule has 0 aromatic heterocycles. The van der Waals surface area contributed by atoms with Gasteiger partial charge >= 0.3 is 0 Å². The molecule has 0 aliphatic carbocycles. The van der Waals surface area contributed by atoms with Gasteiger partial charge < -0.3 is 15.4 Å². The molecule has 3 aliphatic heterocycles. The first kappa shape index (κ1) is 8.74. The predicted octanol–water partition coefficient (Wildman–Crippen LogP) is 1.73. The molecule has 3 rings (SSSR count). The van der Waals surface area contributed by atoms with Crippen LogP contribution < -0.4 is 5.73 Å². The first-order valence-electron chi connectivity index (χ1n) is 4.47. The molecular formula is C10H8NO3P. The minimum atomic E-state index is -2.40. The summed E-state index contributed by atoms with van der Waals surface area (Å²) in [6.45, 7) is 1.75. The Hall–Kier alpha value is -1.54. The molecule has 0 saturated heterocycles. The van der Waals surface area contributed by atoms with Crippen LogP contribution in [0.4, 0.5) is 0 Å². The van der Waals surface area contributed by atoms with Crippen molar-refractivity contribution >= 4 is 13.0 Å². The minimum absolute atomic E-state index is 0.170. The highest BCUT2D eigenvalue weighted by atomic mass is 31.2. The van der Waals surface area contributed by atoms with Gasteiger partial charge in [0.05, 0.1) is 10.6 Å². The lowest BCUT2D eigenvalue weighted by molar-refractivity contribution is -0.113. The summed E-state index contributed by atoms with van der Waals surface area (Å²) in [7, 11) is -2.40. The number of allylic oxidation sites excluding steroid dienone is 6. The van der Waals surface area contributed by atoms with Crippen LogP contribution in [0.5, 0.6) is 0 Å². The standard InChI is InChI=1S/C10H8NO3P/c1-4(2-7(11)12)5-3-6-8(13)10-9(5)15(6,10)14/h2-3,13H,1H3,(H2,11,12)/b4-2+. The fourth-order valence-corrected chi connectivity index (χ4v) is 5.20. The molecule has 0 saturated carbocycles. The highest BCUT2D eigenvalue weighted by molar-refractivity contribution is 7.86. The zero-order valence-electron chi connectivity index (χ0n) is 7.94. The fourth-order valence-electron chi connectivity index (χ4n) is 2.20. The number of primary amides is 1. The maximum atomic E-state index is 12.0. The van der Waals surface area contributed by atoms with Crippen molar-refractivity contribution in [2.75, 3.05) is 0 Å². The summed E-state index contributed by atoms with van der Waals surface area (Å²) in [5, 5.41) is 11.3. The summed E-state index contributed by atoms with van der Waals surface area (Å²) in [6, 6.07) is 0. The second-order valence-corrected chi connectivity index (χ2v) is 6.42. The number of aliphatic hydroxyl groups excluding tert-OH is 1. The topological polar surface area (TPSA) is 80.4 Å². The average Bonchev–Trinajstić information content (AvgIpc) is 2.58. The predicted molar refractivity (Wildman–Crippen MR) is 55.3 cm³/mol. The molecule has 0 aromatic rings. The van der Waals surface area contributed by atoms with Crippen LogP contribution in [0.3, 0.4) is 0 Å². The van der Waals surface area contributed by atoms with Crippen molar-refractivity contribution in [2.45, 2.75) is 6.92 Å². The van der Waals surface area contributed by atoms with Gasteiger partial charge in [0.25, 0.3) is 0 Å². The monoisotopic (exact) mass is 221 g/mol. The number of hydrogen-bond acceptors (Lipinski definition) is 3. The second-order valence-electron chi connectivity index (χ2n) is 3.83. The second kappa shape index (κ2) is 2.17. The van der Waals surface area contributed by atoms with Crippen LogP contribution >= 0.6 is 7.14 Å². The Morgan fingerprint density at radius 2 is 2.20 bits per heavy atom. The van der Waals surface area contributed by atoms with Gasteiger partial charge in [-0.2, -0.15) is 0 Å². The van der Waals surface area contributed by atoms with Crippen molar-refractivity contribution in [1.29, 1.82) is 0 Å². The number of aliphatic hydroxyl groups is 1. The number of amides is 1. The molecule has 1 unspecified atom stereocenters. The average molecular weight is 221 g/mol. The molecule has 15 heavy (non-hydrogen) atoms. The summed E-state index contributed by atoms with van der Waals surface area (Å²) in [5.41, 5.74) is 6.53. The number of carbonyl (C=O) groups excluding carboxylic acids is 1. The van der Waals surface area contributed by atoms with Crippen molar-refractivity contribution < 1.29 is 14.5 Å². The number of rotatable bonds is 2. The van der Waals surface area contributed by atoms with Crippen molar-refractivity contribution in [3.63, 3.8) is 0 Å². The van der Waals surface area contributed by atoms with Crippen LogP contribution in [-0.4, -0.2) is 11.0 Å². The van der Waals surface area contributed by atoms with Gasteiger partial charge in [-0.25, -0.2) is 0 Å². The molecule has 3 N–H and O–H groups in total. The molecule has 76 valence electrons. The van der Waals surface area contributed by atoms with Gasteiger partial charge in [-0.1, -0.05) is 0 Å². The quantitative estimate of drug-likeness (QED) is 0.550. The highest BCUT2D eigenvalue weighted by Crippen LogP contribution is 2.95. The Labute approximate surface area is 85.8 Å². The first-order chi connectivity index (χ1) is 6.98. The molecule has 1 amide bonds.